The predicted octanol–water partition coefficient (Wildman–Crippen LogP) is 2.84. The van der Waals surface area contributed by atoms with Gasteiger partial charge in [-0.3, -0.25) is 0 Å². The zero-order chi connectivity index (χ0) is 12.8. The van der Waals surface area contributed by atoms with E-state index >= 15 is 0 Å². The molecule has 1 aromatic carbocycles. The molecule has 0 amide bonds. The fourth-order valence-electron chi connectivity index (χ4n) is 1.45. The third-order valence-corrected chi connectivity index (χ3v) is 2.70. The number of hydrogen-bond donors (Lipinski definition) is 1. The number of ether oxygens (including phenoxy) is 1. The molecule has 3 heteroatoms. The minimum absolute atomic E-state index is 0.510. The highest BCUT2D eigenvalue weighted by Crippen LogP contribution is 2.18. The van der Waals surface area contributed by atoms with Crippen molar-refractivity contribution in [2.24, 2.45) is 0 Å². The van der Waals surface area contributed by atoms with Crippen LogP contribution in [0.2, 0.25) is 0 Å². The highest BCUT2D eigenvalue weighted by molar-refractivity contribution is 6.06. The maximum Gasteiger partial charge on any atom is 0.121 e. The maximum absolute atomic E-state index is 7.97. The van der Waals surface area contributed by atoms with Crippen LogP contribution in [-0.2, 0) is 0 Å². The normalized spacial score (nSPS) is 10.6. The van der Waals surface area contributed by atoms with Gasteiger partial charge < -0.3 is 15.0 Å². The van der Waals surface area contributed by atoms with Crippen molar-refractivity contribution in [2.45, 2.75) is 13.8 Å². The largest absolute Gasteiger partial charge is 0.496 e. The second-order valence-electron chi connectivity index (χ2n) is 3.99. The van der Waals surface area contributed by atoms with Crippen LogP contribution in [0.1, 0.15) is 18.1 Å². The molecule has 92 valence electrons. The number of aryl methyl sites for hydroxylation is 1. The number of benzene rings is 1. The Labute approximate surface area is 103 Å². The molecule has 0 unspecified atom stereocenters. The molecule has 0 fully saturated rings. The first-order valence-electron chi connectivity index (χ1n) is 5.70. The van der Waals surface area contributed by atoms with Gasteiger partial charge in [0, 0.05) is 19.8 Å². The minimum Gasteiger partial charge on any atom is -0.496 e. The fourth-order valence-corrected chi connectivity index (χ4v) is 1.45. The Kier molecular flexibility index (Phi) is 4.76. The third-order valence-electron chi connectivity index (χ3n) is 2.70. The molecule has 0 aromatic heterocycles. The van der Waals surface area contributed by atoms with Gasteiger partial charge in [0.1, 0.15) is 5.75 Å². The van der Waals surface area contributed by atoms with E-state index in [-0.39, 0.29) is 0 Å². The summed E-state index contributed by atoms with van der Waals surface area (Å²) in [6.45, 7) is 4.99. The van der Waals surface area contributed by atoms with Crippen LogP contribution in [0.4, 0.5) is 0 Å². The molecule has 3 nitrogen and oxygen atoms in total. The number of nitrogens with one attached hydrogen (secondary N) is 1. The Morgan fingerprint density at radius 2 is 2.18 bits per heavy atom. The van der Waals surface area contributed by atoms with Gasteiger partial charge in [0.15, 0.2) is 0 Å². The van der Waals surface area contributed by atoms with Crippen molar-refractivity contribution in [1.29, 1.82) is 5.41 Å². The van der Waals surface area contributed by atoms with Gasteiger partial charge in [0.05, 0.1) is 12.8 Å². The van der Waals surface area contributed by atoms with Crippen molar-refractivity contribution < 1.29 is 4.74 Å². The second-order valence-corrected chi connectivity index (χ2v) is 3.99. The molecule has 0 radical (unpaired) electrons. The van der Waals surface area contributed by atoms with Gasteiger partial charge in [-0.05, 0) is 49.2 Å². The first-order valence-corrected chi connectivity index (χ1v) is 5.70. The molecule has 0 heterocycles. The second kappa shape index (κ2) is 6.09. The van der Waals surface area contributed by atoms with Crippen molar-refractivity contribution in [2.75, 3.05) is 20.7 Å². The summed E-state index contributed by atoms with van der Waals surface area (Å²) < 4.78 is 5.20. The first-order chi connectivity index (χ1) is 8.08. The Morgan fingerprint density at radius 3 is 2.71 bits per heavy atom. The monoisotopic (exact) mass is 232 g/mol. The van der Waals surface area contributed by atoms with Gasteiger partial charge in [0.2, 0.25) is 0 Å². The topological polar surface area (TPSA) is 36.3 Å². The van der Waals surface area contributed by atoms with Crippen molar-refractivity contribution in [3.8, 4) is 5.75 Å². The predicted molar refractivity (Wildman–Crippen MR) is 72.0 cm³/mol. The van der Waals surface area contributed by atoms with Gasteiger partial charge in [-0.1, -0.05) is 0 Å². The quantitative estimate of drug-likeness (QED) is 0.792. The minimum atomic E-state index is 0.510. The van der Waals surface area contributed by atoms with Crippen LogP contribution in [0.25, 0.3) is 0 Å². The number of rotatable bonds is 5. The van der Waals surface area contributed by atoms with Crippen molar-refractivity contribution in [3.05, 3.63) is 41.6 Å². The van der Waals surface area contributed by atoms with Crippen molar-refractivity contribution in [1.82, 2.24) is 4.90 Å². The molecule has 0 atom stereocenters. The summed E-state index contributed by atoms with van der Waals surface area (Å²) in [5.41, 5.74) is 2.46. The van der Waals surface area contributed by atoms with E-state index in [0.717, 1.165) is 23.4 Å². The molecule has 1 aromatic rings. The van der Waals surface area contributed by atoms with E-state index in [1.54, 1.807) is 7.11 Å². The van der Waals surface area contributed by atoms with E-state index < -0.39 is 0 Å². The lowest BCUT2D eigenvalue weighted by atomic mass is 10.1. The molecule has 1 rings (SSSR count). The highest BCUT2D eigenvalue weighted by Gasteiger charge is 2.02. The standard InChI is InChI=1S/C14H20N2O/c1-5-16(3)9-8-13(15)12-6-7-14(17-4)11(2)10-12/h6-10,15H,5H2,1-4H3/b9-8-,15-13?. The van der Waals surface area contributed by atoms with Crippen LogP contribution in [0.3, 0.4) is 0 Å². The summed E-state index contributed by atoms with van der Waals surface area (Å²) in [5.74, 6) is 0.858. The molecule has 0 saturated carbocycles. The van der Waals surface area contributed by atoms with Gasteiger partial charge in [-0.2, -0.15) is 0 Å². The van der Waals surface area contributed by atoms with E-state index in [1.165, 1.54) is 0 Å². The molecule has 1 N–H and O–H groups in total. The number of methoxy groups -OCH3 is 1. The summed E-state index contributed by atoms with van der Waals surface area (Å²) in [6, 6.07) is 5.78. The van der Waals surface area contributed by atoms with Crippen LogP contribution in [-0.4, -0.2) is 31.3 Å². The smallest absolute Gasteiger partial charge is 0.121 e. The van der Waals surface area contributed by atoms with E-state index in [2.05, 4.69) is 6.92 Å². The Hall–Kier alpha value is -1.77. The zero-order valence-corrected chi connectivity index (χ0v) is 10.9. The first kappa shape index (κ1) is 13.3. The highest BCUT2D eigenvalue weighted by atomic mass is 16.5. The van der Waals surface area contributed by atoms with Crippen LogP contribution in [0.5, 0.6) is 5.75 Å². The zero-order valence-electron chi connectivity index (χ0n) is 10.9. The van der Waals surface area contributed by atoms with Crippen molar-refractivity contribution in [3.63, 3.8) is 0 Å². The van der Waals surface area contributed by atoms with Crippen LogP contribution >= 0.6 is 0 Å². The molecule has 0 spiro atoms. The fraction of sp³-hybridized carbons (Fsp3) is 0.357. The third kappa shape index (κ3) is 3.63. The summed E-state index contributed by atoms with van der Waals surface area (Å²) in [5, 5.41) is 7.97. The Balaban J connectivity index is 2.83. The summed E-state index contributed by atoms with van der Waals surface area (Å²) in [7, 11) is 3.65. The van der Waals surface area contributed by atoms with E-state index in [9.17, 15) is 0 Å². The molecule has 0 saturated heterocycles. The van der Waals surface area contributed by atoms with Crippen molar-refractivity contribution >= 4 is 5.71 Å². The molecule has 17 heavy (non-hydrogen) atoms. The van der Waals surface area contributed by atoms with E-state index in [0.29, 0.717) is 5.71 Å². The molecule has 0 aliphatic rings. The Morgan fingerprint density at radius 1 is 1.47 bits per heavy atom. The number of nitrogens with zero attached hydrogens (tertiary/aromatic N) is 1. The SMILES string of the molecule is CCN(C)/C=C\C(=N)c1ccc(OC)c(C)c1. The van der Waals surface area contributed by atoms with Crippen LogP contribution < -0.4 is 4.74 Å². The number of allylic oxidation sites excluding steroid dienone is 1. The molecular formula is C14H20N2O. The summed E-state index contributed by atoms with van der Waals surface area (Å²) in [6.07, 6.45) is 3.73. The van der Waals surface area contributed by atoms with E-state index in [1.807, 2.05) is 49.3 Å². The molecular weight excluding hydrogens is 212 g/mol. The lowest BCUT2D eigenvalue weighted by molar-refractivity contribution is 0.411. The average Bonchev–Trinajstić information content (AvgIpc) is 2.35. The molecule has 0 bridgehead atoms. The number of hydrogen-bond acceptors (Lipinski definition) is 3. The summed E-state index contributed by atoms with van der Waals surface area (Å²) >= 11 is 0. The van der Waals surface area contributed by atoms with Gasteiger partial charge in [-0.15, -0.1) is 0 Å². The van der Waals surface area contributed by atoms with Gasteiger partial charge >= 0.3 is 0 Å². The summed E-state index contributed by atoms with van der Waals surface area (Å²) in [4.78, 5) is 2.03. The van der Waals surface area contributed by atoms with Crippen LogP contribution in [0.15, 0.2) is 30.5 Å². The molecule has 0 aliphatic heterocycles. The van der Waals surface area contributed by atoms with Gasteiger partial charge in [-0.25, -0.2) is 0 Å². The average molecular weight is 232 g/mol. The lowest BCUT2D eigenvalue weighted by Gasteiger charge is -2.10. The molecule has 0 aliphatic carbocycles. The maximum atomic E-state index is 7.97. The van der Waals surface area contributed by atoms with Crippen LogP contribution in [0, 0.1) is 12.3 Å². The Bertz CT molecular complexity index is 424. The van der Waals surface area contributed by atoms with E-state index in [4.69, 9.17) is 10.1 Å². The lowest BCUT2D eigenvalue weighted by Crippen LogP contribution is -2.09. The van der Waals surface area contributed by atoms with Gasteiger partial charge in [0.25, 0.3) is 0 Å².